The molecule has 2 fully saturated rings. The summed E-state index contributed by atoms with van der Waals surface area (Å²) in [6, 6.07) is 7.92. The van der Waals surface area contributed by atoms with Crippen LogP contribution in [-0.2, 0) is 6.18 Å². The number of carbonyl (C=O) groups excluding carboxylic acids is 1. The van der Waals surface area contributed by atoms with Gasteiger partial charge >= 0.3 is 6.18 Å². The van der Waals surface area contributed by atoms with Crippen LogP contribution in [0.2, 0.25) is 5.02 Å². The van der Waals surface area contributed by atoms with E-state index in [4.69, 9.17) is 16.3 Å². The first kappa shape index (κ1) is 20.0. The van der Waals surface area contributed by atoms with Crippen LogP contribution in [0, 0.1) is 0 Å². The van der Waals surface area contributed by atoms with Crippen LogP contribution < -0.4 is 4.74 Å². The lowest BCUT2D eigenvalue weighted by Crippen LogP contribution is -2.55. The van der Waals surface area contributed by atoms with Crippen molar-refractivity contribution in [1.29, 1.82) is 0 Å². The van der Waals surface area contributed by atoms with Gasteiger partial charge in [0.2, 0.25) is 5.88 Å². The summed E-state index contributed by atoms with van der Waals surface area (Å²) in [5, 5.41) is 0.515. The summed E-state index contributed by atoms with van der Waals surface area (Å²) in [7, 11) is 0. The monoisotopic (exact) mass is 425 g/mol. The molecule has 29 heavy (non-hydrogen) atoms. The summed E-state index contributed by atoms with van der Waals surface area (Å²) in [5.74, 6) is 0.0635. The highest BCUT2D eigenvalue weighted by Gasteiger charge is 2.41. The maximum Gasteiger partial charge on any atom is 0.416 e. The number of pyridine rings is 1. The Balaban J connectivity index is 1.47. The number of rotatable bonds is 3. The Morgan fingerprint density at radius 2 is 2.00 bits per heavy atom. The van der Waals surface area contributed by atoms with E-state index in [1.807, 2.05) is 0 Å². The molecule has 3 heterocycles. The predicted octanol–water partition coefficient (Wildman–Crippen LogP) is 3.73. The largest absolute Gasteiger partial charge is 0.473 e. The van der Waals surface area contributed by atoms with Crippen molar-refractivity contribution in [2.24, 2.45) is 0 Å². The molecule has 5 nitrogen and oxygen atoms in total. The average molecular weight is 426 g/mol. The number of hydrogen-bond acceptors (Lipinski definition) is 4. The molecule has 2 aromatic rings. The van der Waals surface area contributed by atoms with Gasteiger partial charge in [-0.3, -0.25) is 9.69 Å². The van der Waals surface area contributed by atoms with E-state index in [-0.39, 0.29) is 17.7 Å². The number of nitrogens with zero attached hydrogens (tertiary/aromatic N) is 3. The van der Waals surface area contributed by atoms with Crippen LogP contribution in [0.3, 0.4) is 0 Å². The van der Waals surface area contributed by atoms with Gasteiger partial charge in [-0.05, 0) is 30.7 Å². The van der Waals surface area contributed by atoms with Crippen LogP contribution in [0.5, 0.6) is 5.88 Å². The Morgan fingerprint density at radius 3 is 2.72 bits per heavy atom. The van der Waals surface area contributed by atoms with Crippen molar-refractivity contribution in [3.05, 3.63) is 58.7 Å². The molecule has 0 spiro atoms. The van der Waals surface area contributed by atoms with E-state index in [1.54, 1.807) is 17.0 Å². The van der Waals surface area contributed by atoms with Gasteiger partial charge in [-0.1, -0.05) is 17.7 Å². The molecular weight excluding hydrogens is 407 g/mol. The smallest absolute Gasteiger partial charge is 0.416 e. The SMILES string of the molecule is O=C(c1cccc(C(F)(F)F)c1)N1CCN2CCC(Oc3ccc(Cl)cn3)C2C1. The maximum atomic E-state index is 13.0. The van der Waals surface area contributed by atoms with Gasteiger partial charge in [-0.25, -0.2) is 4.98 Å². The molecule has 1 amide bonds. The fourth-order valence-electron chi connectivity index (χ4n) is 3.88. The third-order valence-electron chi connectivity index (χ3n) is 5.36. The van der Waals surface area contributed by atoms with Crippen molar-refractivity contribution >= 4 is 17.5 Å². The van der Waals surface area contributed by atoms with Gasteiger partial charge in [0.25, 0.3) is 5.91 Å². The maximum absolute atomic E-state index is 13.0. The van der Waals surface area contributed by atoms with E-state index < -0.39 is 17.6 Å². The van der Waals surface area contributed by atoms with Gasteiger partial charge in [0.15, 0.2) is 0 Å². The zero-order valence-electron chi connectivity index (χ0n) is 15.4. The Labute approximate surface area is 171 Å². The lowest BCUT2D eigenvalue weighted by Gasteiger charge is -2.39. The van der Waals surface area contributed by atoms with Gasteiger partial charge in [0, 0.05) is 44.0 Å². The van der Waals surface area contributed by atoms with Crippen molar-refractivity contribution < 1.29 is 22.7 Å². The van der Waals surface area contributed by atoms with Gasteiger partial charge in [0.1, 0.15) is 6.10 Å². The summed E-state index contributed by atoms with van der Waals surface area (Å²) < 4.78 is 44.9. The summed E-state index contributed by atoms with van der Waals surface area (Å²) in [6.07, 6.45) is -2.33. The van der Waals surface area contributed by atoms with Crippen LogP contribution in [-0.4, -0.2) is 59.0 Å². The number of alkyl halides is 3. The fourth-order valence-corrected chi connectivity index (χ4v) is 4.00. The lowest BCUT2D eigenvalue weighted by molar-refractivity contribution is -0.137. The first-order valence-electron chi connectivity index (χ1n) is 9.30. The number of carbonyl (C=O) groups is 1. The lowest BCUT2D eigenvalue weighted by atomic mass is 10.1. The number of benzene rings is 1. The molecule has 1 aromatic heterocycles. The molecule has 2 saturated heterocycles. The van der Waals surface area contributed by atoms with Gasteiger partial charge < -0.3 is 9.64 Å². The van der Waals surface area contributed by atoms with Crippen LogP contribution in [0.1, 0.15) is 22.3 Å². The molecule has 0 radical (unpaired) electrons. The van der Waals surface area contributed by atoms with E-state index in [1.165, 1.54) is 18.3 Å². The highest BCUT2D eigenvalue weighted by atomic mass is 35.5. The molecule has 1 aromatic carbocycles. The third kappa shape index (κ3) is 4.33. The number of ether oxygens (including phenoxy) is 1. The van der Waals surface area contributed by atoms with Crippen LogP contribution in [0.15, 0.2) is 42.6 Å². The second kappa shape index (κ2) is 7.84. The van der Waals surface area contributed by atoms with Crippen LogP contribution in [0.4, 0.5) is 13.2 Å². The van der Waals surface area contributed by atoms with E-state index in [9.17, 15) is 18.0 Å². The average Bonchev–Trinajstić information content (AvgIpc) is 3.10. The van der Waals surface area contributed by atoms with Crippen LogP contribution >= 0.6 is 11.6 Å². The Bertz CT molecular complexity index is 891. The summed E-state index contributed by atoms with van der Waals surface area (Å²) in [6.45, 7) is 2.36. The summed E-state index contributed by atoms with van der Waals surface area (Å²) >= 11 is 5.85. The minimum absolute atomic E-state index is 0.0315. The van der Waals surface area contributed by atoms with Crippen molar-refractivity contribution in [1.82, 2.24) is 14.8 Å². The molecule has 4 rings (SSSR count). The highest BCUT2D eigenvalue weighted by molar-refractivity contribution is 6.30. The topological polar surface area (TPSA) is 45.7 Å². The van der Waals surface area contributed by atoms with Gasteiger partial charge in [-0.15, -0.1) is 0 Å². The van der Waals surface area contributed by atoms with E-state index in [0.717, 1.165) is 25.1 Å². The number of aromatic nitrogens is 1. The first-order chi connectivity index (χ1) is 13.8. The second-order valence-corrected chi connectivity index (χ2v) is 7.63. The molecule has 2 atom stereocenters. The zero-order chi connectivity index (χ0) is 20.6. The van der Waals surface area contributed by atoms with Crippen molar-refractivity contribution in [3.63, 3.8) is 0 Å². The zero-order valence-corrected chi connectivity index (χ0v) is 16.2. The number of piperazine rings is 1. The van der Waals surface area contributed by atoms with Gasteiger partial charge in [0.05, 0.1) is 16.6 Å². The van der Waals surface area contributed by atoms with E-state index in [0.29, 0.717) is 30.5 Å². The fraction of sp³-hybridized carbons (Fsp3) is 0.400. The standard InChI is InChI=1S/C20H19ClF3N3O2/c21-15-4-5-18(25-11-15)29-17-6-7-26-8-9-27(12-16(17)26)19(28)13-2-1-3-14(10-13)20(22,23)24/h1-5,10-11,16-17H,6-9,12H2. The van der Waals surface area contributed by atoms with Crippen molar-refractivity contribution in [2.75, 3.05) is 26.2 Å². The Morgan fingerprint density at radius 1 is 1.17 bits per heavy atom. The Hall–Kier alpha value is -2.32. The third-order valence-corrected chi connectivity index (χ3v) is 5.58. The first-order valence-corrected chi connectivity index (χ1v) is 9.68. The quantitative estimate of drug-likeness (QED) is 0.751. The second-order valence-electron chi connectivity index (χ2n) is 7.19. The van der Waals surface area contributed by atoms with E-state index >= 15 is 0 Å². The molecule has 9 heteroatoms. The van der Waals surface area contributed by atoms with Gasteiger partial charge in [-0.2, -0.15) is 13.2 Å². The number of amides is 1. The predicted molar refractivity (Wildman–Crippen MR) is 101 cm³/mol. The number of hydrogen-bond donors (Lipinski definition) is 0. The molecule has 0 bridgehead atoms. The normalized spacial score (nSPS) is 22.4. The highest BCUT2D eigenvalue weighted by Crippen LogP contribution is 2.31. The van der Waals surface area contributed by atoms with Crippen LogP contribution in [0.25, 0.3) is 0 Å². The molecule has 2 aliphatic rings. The minimum Gasteiger partial charge on any atom is -0.473 e. The van der Waals surface area contributed by atoms with Crippen molar-refractivity contribution in [2.45, 2.75) is 24.7 Å². The molecule has 0 N–H and O–H groups in total. The molecule has 0 saturated carbocycles. The summed E-state index contributed by atoms with van der Waals surface area (Å²) in [4.78, 5) is 20.8. The molecule has 154 valence electrons. The molecule has 2 aliphatic heterocycles. The summed E-state index contributed by atoms with van der Waals surface area (Å²) in [5.41, 5.74) is -0.777. The number of fused-ring (bicyclic) bond motifs is 1. The molecular formula is C20H19ClF3N3O2. The van der Waals surface area contributed by atoms with E-state index in [2.05, 4.69) is 9.88 Å². The van der Waals surface area contributed by atoms with Crippen molar-refractivity contribution in [3.8, 4) is 5.88 Å². The molecule has 2 unspecified atom stereocenters. The Kier molecular flexibility index (Phi) is 5.40. The molecule has 0 aliphatic carbocycles. The number of halogens is 4. The minimum atomic E-state index is -4.48.